The monoisotopic (exact) mass is 306 g/mol. The van der Waals surface area contributed by atoms with Crippen LogP contribution in [0.3, 0.4) is 0 Å². The summed E-state index contributed by atoms with van der Waals surface area (Å²) in [5.74, 6) is 0. The van der Waals surface area contributed by atoms with E-state index >= 15 is 0 Å². The van der Waals surface area contributed by atoms with Gasteiger partial charge in [0.25, 0.3) is 10.0 Å². The third kappa shape index (κ3) is 3.63. The molecule has 0 unspecified atom stereocenters. The quantitative estimate of drug-likeness (QED) is 0.892. The lowest BCUT2D eigenvalue weighted by molar-refractivity contribution is 0.459. The summed E-state index contributed by atoms with van der Waals surface area (Å²) in [5.41, 5.74) is 7.81. The van der Waals surface area contributed by atoms with Crippen molar-refractivity contribution in [1.82, 2.24) is 14.3 Å². The number of hydrogen-bond donors (Lipinski definition) is 1. The first-order valence-corrected chi connectivity index (χ1v) is 7.91. The van der Waals surface area contributed by atoms with Gasteiger partial charge in [0.15, 0.2) is 5.03 Å². The van der Waals surface area contributed by atoms with Gasteiger partial charge >= 0.3 is 0 Å². The molecule has 2 aromatic rings. The van der Waals surface area contributed by atoms with E-state index in [1.807, 2.05) is 19.1 Å². The van der Waals surface area contributed by atoms with Gasteiger partial charge in [-0.3, -0.25) is 4.98 Å². The van der Waals surface area contributed by atoms with E-state index in [0.717, 1.165) is 11.3 Å². The predicted molar refractivity (Wildman–Crippen MR) is 79.8 cm³/mol. The number of aryl methyl sites for hydroxylation is 1. The van der Waals surface area contributed by atoms with Crippen molar-refractivity contribution < 1.29 is 8.42 Å². The molecular weight excluding hydrogens is 288 g/mol. The molecule has 0 fully saturated rings. The van der Waals surface area contributed by atoms with Gasteiger partial charge in [0, 0.05) is 25.5 Å². The zero-order chi connectivity index (χ0) is 15.5. The Morgan fingerprint density at radius 1 is 1.24 bits per heavy atom. The largest absolute Gasteiger partial charge is 0.326 e. The summed E-state index contributed by atoms with van der Waals surface area (Å²) in [5, 5.41) is 0.00912. The molecule has 7 heteroatoms. The van der Waals surface area contributed by atoms with Crippen LogP contribution in [0.2, 0.25) is 0 Å². The van der Waals surface area contributed by atoms with Crippen molar-refractivity contribution >= 4 is 10.0 Å². The summed E-state index contributed by atoms with van der Waals surface area (Å²) in [6, 6.07) is 8.65. The highest BCUT2D eigenvalue weighted by molar-refractivity contribution is 7.89. The zero-order valence-electron chi connectivity index (χ0n) is 12.0. The number of hydrogen-bond acceptors (Lipinski definition) is 5. The topological polar surface area (TPSA) is 89.2 Å². The van der Waals surface area contributed by atoms with Gasteiger partial charge in [0.05, 0.1) is 12.2 Å². The summed E-state index contributed by atoms with van der Waals surface area (Å²) >= 11 is 0. The van der Waals surface area contributed by atoms with Crippen LogP contribution in [-0.2, 0) is 23.1 Å². The molecule has 0 aliphatic rings. The lowest BCUT2D eigenvalue weighted by atomic mass is 10.3. The Balaban J connectivity index is 2.21. The Morgan fingerprint density at radius 3 is 2.57 bits per heavy atom. The molecule has 112 valence electrons. The molecule has 0 saturated carbocycles. The maximum atomic E-state index is 12.4. The lowest BCUT2D eigenvalue weighted by Gasteiger charge is -2.16. The minimum atomic E-state index is -3.63. The normalized spacial score (nSPS) is 11.8. The third-order valence-electron chi connectivity index (χ3n) is 3.04. The van der Waals surface area contributed by atoms with Gasteiger partial charge in [-0.1, -0.05) is 12.1 Å². The molecule has 2 N–H and O–H groups in total. The number of sulfonamides is 1. The first-order chi connectivity index (χ1) is 9.93. The minimum Gasteiger partial charge on any atom is -0.326 e. The Hall–Kier alpha value is -1.83. The summed E-state index contributed by atoms with van der Waals surface area (Å²) in [4.78, 5) is 8.28. The van der Waals surface area contributed by atoms with E-state index in [-0.39, 0.29) is 11.6 Å². The van der Waals surface area contributed by atoms with Crippen molar-refractivity contribution in [3.05, 3.63) is 53.5 Å². The fraction of sp³-hybridized carbons (Fsp3) is 0.286. The number of nitrogens with two attached hydrogens (primary N) is 1. The first-order valence-electron chi connectivity index (χ1n) is 6.47. The molecule has 0 spiro atoms. The van der Waals surface area contributed by atoms with Crippen LogP contribution in [0.25, 0.3) is 0 Å². The second-order valence-corrected chi connectivity index (χ2v) is 6.73. The van der Waals surface area contributed by atoms with Crippen LogP contribution >= 0.6 is 0 Å². The van der Waals surface area contributed by atoms with E-state index in [1.54, 1.807) is 12.1 Å². The molecule has 0 atom stereocenters. The fourth-order valence-corrected chi connectivity index (χ4v) is 2.89. The minimum absolute atomic E-state index is 0.00912. The molecule has 21 heavy (non-hydrogen) atoms. The van der Waals surface area contributed by atoms with Crippen LogP contribution in [0.5, 0.6) is 0 Å². The van der Waals surface area contributed by atoms with E-state index in [2.05, 4.69) is 9.97 Å². The van der Waals surface area contributed by atoms with Crippen LogP contribution in [0.4, 0.5) is 0 Å². The molecule has 2 aromatic heterocycles. The molecule has 0 aromatic carbocycles. The average molecular weight is 306 g/mol. The number of nitrogens with zero attached hydrogens (tertiary/aromatic N) is 3. The average Bonchev–Trinajstić information content (AvgIpc) is 2.47. The van der Waals surface area contributed by atoms with Crippen LogP contribution in [0.1, 0.15) is 17.0 Å². The van der Waals surface area contributed by atoms with Gasteiger partial charge in [-0.25, -0.2) is 13.4 Å². The standard InChI is InChI=1S/C14H18N4O2S/c1-11-4-3-5-13(17-11)10-18(2)21(19,20)14-7-6-12(8-15)9-16-14/h3-7,9H,8,10,15H2,1-2H3. The van der Waals surface area contributed by atoms with E-state index < -0.39 is 10.0 Å². The molecule has 0 radical (unpaired) electrons. The maximum Gasteiger partial charge on any atom is 0.260 e. The Bertz CT molecular complexity index is 714. The van der Waals surface area contributed by atoms with Gasteiger partial charge in [-0.15, -0.1) is 0 Å². The van der Waals surface area contributed by atoms with E-state index in [9.17, 15) is 8.42 Å². The van der Waals surface area contributed by atoms with Crippen molar-refractivity contribution in [2.24, 2.45) is 5.73 Å². The van der Waals surface area contributed by atoms with Crippen molar-refractivity contribution in [3.63, 3.8) is 0 Å². The number of aromatic nitrogens is 2. The van der Waals surface area contributed by atoms with Gasteiger partial charge in [0.1, 0.15) is 0 Å². The van der Waals surface area contributed by atoms with Crippen LogP contribution in [0.15, 0.2) is 41.6 Å². The summed E-state index contributed by atoms with van der Waals surface area (Å²) in [6.45, 7) is 2.39. The van der Waals surface area contributed by atoms with E-state index in [4.69, 9.17) is 5.73 Å². The van der Waals surface area contributed by atoms with E-state index in [1.165, 1.54) is 23.6 Å². The van der Waals surface area contributed by atoms with Gasteiger partial charge in [0.2, 0.25) is 0 Å². The first kappa shape index (κ1) is 15.6. The van der Waals surface area contributed by atoms with Gasteiger partial charge in [-0.2, -0.15) is 4.31 Å². The number of pyridine rings is 2. The molecule has 6 nitrogen and oxygen atoms in total. The van der Waals surface area contributed by atoms with Crippen molar-refractivity contribution in [2.45, 2.75) is 25.0 Å². The second-order valence-electron chi connectivity index (χ2n) is 4.74. The Labute approximate surface area is 124 Å². The zero-order valence-corrected chi connectivity index (χ0v) is 12.8. The smallest absolute Gasteiger partial charge is 0.260 e. The molecule has 0 aliphatic carbocycles. The highest BCUT2D eigenvalue weighted by atomic mass is 32.2. The maximum absolute atomic E-state index is 12.4. The van der Waals surface area contributed by atoms with Crippen LogP contribution < -0.4 is 5.73 Å². The Kier molecular flexibility index (Phi) is 4.66. The molecular formula is C14H18N4O2S. The molecule has 0 aliphatic heterocycles. The highest BCUT2D eigenvalue weighted by Crippen LogP contribution is 2.14. The summed E-state index contributed by atoms with van der Waals surface area (Å²) < 4.78 is 26.1. The molecule has 0 amide bonds. The molecule has 2 rings (SSSR count). The SMILES string of the molecule is Cc1cccc(CN(C)S(=O)(=O)c2ccc(CN)cn2)n1. The number of rotatable bonds is 5. The lowest BCUT2D eigenvalue weighted by Crippen LogP contribution is -2.27. The van der Waals surface area contributed by atoms with Crippen molar-refractivity contribution in [3.8, 4) is 0 Å². The Morgan fingerprint density at radius 2 is 2.00 bits per heavy atom. The van der Waals surface area contributed by atoms with Gasteiger partial charge in [-0.05, 0) is 30.7 Å². The second kappa shape index (κ2) is 6.30. The molecule has 2 heterocycles. The third-order valence-corrected chi connectivity index (χ3v) is 4.76. The summed E-state index contributed by atoms with van der Waals surface area (Å²) in [7, 11) is -2.12. The fourth-order valence-electron chi connectivity index (χ4n) is 1.84. The van der Waals surface area contributed by atoms with Crippen molar-refractivity contribution in [2.75, 3.05) is 7.05 Å². The highest BCUT2D eigenvalue weighted by Gasteiger charge is 2.22. The molecule has 0 bridgehead atoms. The predicted octanol–water partition coefficient (Wildman–Crippen LogP) is 1.06. The van der Waals surface area contributed by atoms with Crippen LogP contribution in [0, 0.1) is 6.92 Å². The summed E-state index contributed by atoms with van der Waals surface area (Å²) in [6.07, 6.45) is 1.48. The molecule has 0 saturated heterocycles. The van der Waals surface area contributed by atoms with Crippen LogP contribution in [-0.4, -0.2) is 29.7 Å². The van der Waals surface area contributed by atoms with Crippen molar-refractivity contribution in [1.29, 1.82) is 0 Å². The van der Waals surface area contributed by atoms with E-state index in [0.29, 0.717) is 12.2 Å². The van der Waals surface area contributed by atoms with Gasteiger partial charge < -0.3 is 5.73 Å².